The Morgan fingerprint density at radius 1 is 1.30 bits per heavy atom. The first-order valence-corrected chi connectivity index (χ1v) is 7.10. The molecule has 1 aliphatic rings. The number of hydrogen-bond acceptors (Lipinski definition) is 4. The Labute approximate surface area is 119 Å². The van der Waals surface area contributed by atoms with Gasteiger partial charge in [0.2, 0.25) is 0 Å². The number of benzene rings is 1. The molecule has 1 aromatic carbocycles. The number of nitrogens with two attached hydrogens (primary N) is 1. The summed E-state index contributed by atoms with van der Waals surface area (Å²) in [6.45, 7) is 2.93. The largest absolute Gasteiger partial charge is 0.409 e. The minimum atomic E-state index is -0.0909. The number of likely N-dealkylation sites (tertiary alicyclic amines) is 1. The van der Waals surface area contributed by atoms with Crippen molar-refractivity contribution in [2.75, 3.05) is 26.2 Å². The van der Waals surface area contributed by atoms with Gasteiger partial charge in [0.25, 0.3) is 0 Å². The summed E-state index contributed by atoms with van der Waals surface area (Å²) in [6.07, 6.45) is 2.02. The van der Waals surface area contributed by atoms with Gasteiger partial charge in [0.15, 0.2) is 0 Å². The van der Waals surface area contributed by atoms with E-state index in [-0.39, 0.29) is 18.4 Å². The second kappa shape index (κ2) is 7.26. The van der Waals surface area contributed by atoms with Gasteiger partial charge in [-0.2, -0.15) is 0 Å². The van der Waals surface area contributed by atoms with Crippen LogP contribution in [0.1, 0.15) is 24.3 Å². The molecular weight excluding hydrogens is 254 g/mol. The van der Waals surface area contributed by atoms with Crippen molar-refractivity contribution in [1.82, 2.24) is 4.90 Å². The number of aliphatic hydroxyl groups is 1. The molecule has 5 nitrogen and oxygen atoms in total. The Hall–Kier alpha value is -1.59. The maximum absolute atomic E-state index is 9.17. The van der Waals surface area contributed by atoms with Gasteiger partial charge in [0, 0.05) is 13.2 Å². The van der Waals surface area contributed by atoms with Crippen molar-refractivity contribution in [2.45, 2.75) is 18.8 Å². The predicted octanol–water partition coefficient (Wildman–Crippen LogP) is 1.22. The molecule has 2 rings (SSSR count). The molecule has 0 bridgehead atoms. The zero-order valence-corrected chi connectivity index (χ0v) is 11.7. The Balaban J connectivity index is 2.03. The van der Waals surface area contributed by atoms with Crippen molar-refractivity contribution >= 4 is 5.84 Å². The van der Waals surface area contributed by atoms with E-state index in [2.05, 4.69) is 10.1 Å². The Kier molecular flexibility index (Phi) is 5.38. The molecule has 0 amide bonds. The van der Waals surface area contributed by atoms with E-state index in [1.54, 1.807) is 0 Å². The van der Waals surface area contributed by atoms with Gasteiger partial charge in [-0.15, -0.1) is 0 Å². The van der Waals surface area contributed by atoms with Crippen LogP contribution >= 0.6 is 0 Å². The molecule has 110 valence electrons. The van der Waals surface area contributed by atoms with Crippen LogP contribution in [0.25, 0.3) is 0 Å². The number of rotatable bonds is 5. The van der Waals surface area contributed by atoms with Crippen molar-refractivity contribution < 1.29 is 10.3 Å². The first-order valence-electron chi connectivity index (χ1n) is 7.10. The van der Waals surface area contributed by atoms with Crippen molar-refractivity contribution in [3.8, 4) is 0 Å². The van der Waals surface area contributed by atoms with Gasteiger partial charge in [0.1, 0.15) is 5.84 Å². The van der Waals surface area contributed by atoms with Gasteiger partial charge in [-0.25, -0.2) is 0 Å². The van der Waals surface area contributed by atoms with E-state index >= 15 is 0 Å². The monoisotopic (exact) mass is 277 g/mol. The summed E-state index contributed by atoms with van der Waals surface area (Å²) in [5.74, 6) is 0.581. The topological polar surface area (TPSA) is 82.1 Å². The summed E-state index contributed by atoms with van der Waals surface area (Å²) in [6, 6.07) is 9.89. The van der Waals surface area contributed by atoms with Gasteiger partial charge in [-0.1, -0.05) is 35.5 Å². The molecule has 4 N–H and O–H groups in total. The molecular formula is C15H23N3O2. The third-order valence-electron chi connectivity index (χ3n) is 4.08. The van der Waals surface area contributed by atoms with Gasteiger partial charge in [-0.3, -0.25) is 0 Å². The van der Waals surface area contributed by atoms with Crippen LogP contribution in [0.4, 0.5) is 0 Å². The highest BCUT2D eigenvalue weighted by molar-refractivity contribution is 5.87. The average Bonchev–Trinajstić information content (AvgIpc) is 2.53. The summed E-state index contributed by atoms with van der Waals surface area (Å²) in [5, 5.41) is 21.3. The normalized spacial score (nSPS) is 19.9. The van der Waals surface area contributed by atoms with Gasteiger partial charge in [-0.05, 0) is 37.4 Å². The van der Waals surface area contributed by atoms with Crippen molar-refractivity contribution in [1.29, 1.82) is 0 Å². The number of aliphatic hydroxyl groups excluding tert-OH is 1. The zero-order valence-electron chi connectivity index (χ0n) is 11.7. The van der Waals surface area contributed by atoms with E-state index in [0.717, 1.165) is 38.0 Å². The van der Waals surface area contributed by atoms with E-state index < -0.39 is 0 Å². The van der Waals surface area contributed by atoms with E-state index in [1.807, 2.05) is 30.3 Å². The van der Waals surface area contributed by atoms with Crippen molar-refractivity contribution in [3.05, 3.63) is 35.9 Å². The molecule has 1 heterocycles. The SMILES string of the molecule is NC(=NO)C(CN1CCC(CO)CC1)c1ccccc1. The van der Waals surface area contributed by atoms with Crippen molar-refractivity contribution in [3.63, 3.8) is 0 Å². The molecule has 1 fully saturated rings. The standard InChI is InChI=1S/C15H23N3O2/c16-15(17-20)14(13-4-2-1-3-5-13)10-18-8-6-12(11-19)7-9-18/h1-5,12,14,19-20H,6-11H2,(H2,16,17). The van der Waals surface area contributed by atoms with E-state index in [0.29, 0.717) is 5.92 Å². The van der Waals surface area contributed by atoms with Crippen LogP contribution in [0.15, 0.2) is 35.5 Å². The molecule has 0 radical (unpaired) electrons. The van der Waals surface area contributed by atoms with Gasteiger partial charge < -0.3 is 20.9 Å². The lowest BCUT2D eigenvalue weighted by Crippen LogP contribution is -2.40. The average molecular weight is 277 g/mol. The second-order valence-electron chi connectivity index (χ2n) is 5.41. The van der Waals surface area contributed by atoms with Gasteiger partial charge in [0.05, 0.1) is 5.92 Å². The van der Waals surface area contributed by atoms with Crippen LogP contribution in [0.2, 0.25) is 0 Å². The molecule has 0 saturated carbocycles. The molecule has 5 heteroatoms. The number of piperidine rings is 1. The fourth-order valence-corrected chi connectivity index (χ4v) is 2.73. The Bertz CT molecular complexity index is 428. The third kappa shape index (κ3) is 3.71. The summed E-state index contributed by atoms with van der Waals surface area (Å²) in [7, 11) is 0. The number of oxime groups is 1. The molecule has 1 saturated heterocycles. The lowest BCUT2D eigenvalue weighted by molar-refractivity contribution is 0.130. The zero-order chi connectivity index (χ0) is 14.4. The molecule has 1 aromatic rings. The molecule has 1 unspecified atom stereocenters. The summed E-state index contributed by atoms with van der Waals surface area (Å²) >= 11 is 0. The van der Waals surface area contributed by atoms with Gasteiger partial charge >= 0.3 is 0 Å². The van der Waals surface area contributed by atoms with Crippen LogP contribution in [-0.2, 0) is 0 Å². The third-order valence-corrected chi connectivity index (χ3v) is 4.08. The van der Waals surface area contributed by atoms with Crippen molar-refractivity contribution in [2.24, 2.45) is 16.8 Å². The predicted molar refractivity (Wildman–Crippen MR) is 78.8 cm³/mol. The van der Waals surface area contributed by atoms with E-state index in [1.165, 1.54) is 0 Å². The fraction of sp³-hybridized carbons (Fsp3) is 0.533. The molecule has 20 heavy (non-hydrogen) atoms. The lowest BCUT2D eigenvalue weighted by atomic mass is 9.94. The minimum absolute atomic E-state index is 0.0909. The Morgan fingerprint density at radius 3 is 2.50 bits per heavy atom. The van der Waals surface area contributed by atoms with Crippen LogP contribution in [0.5, 0.6) is 0 Å². The van der Waals surface area contributed by atoms with E-state index in [4.69, 9.17) is 10.9 Å². The summed E-state index contributed by atoms with van der Waals surface area (Å²) in [4.78, 5) is 2.32. The summed E-state index contributed by atoms with van der Waals surface area (Å²) < 4.78 is 0. The first kappa shape index (κ1) is 14.8. The lowest BCUT2D eigenvalue weighted by Gasteiger charge is -2.33. The maximum Gasteiger partial charge on any atom is 0.147 e. The molecule has 0 aliphatic carbocycles. The first-order chi connectivity index (χ1) is 9.74. The highest BCUT2D eigenvalue weighted by Crippen LogP contribution is 2.22. The highest BCUT2D eigenvalue weighted by atomic mass is 16.4. The minimum Gasteiger partial charge on any atom is -0.409 e. The molecule has 1 atom stereocenters. The molecule has 0 spiro atoms. The van der Waals surface area contributed by atoms with Crippen LogP contribution < -0.4 is 5.73 Å². The van der Waals surface area contributed by atoms with Crippen LogP contribution in [0.3, 0.4) is 0 Å². The smallest absolute Gasteiger partial charge is 0.147 e. The Morgan fingerprint density at radius 2 is 1.95 bits per heavy atom. The number of hydrogen-bond donors (Lipinski definition) is 3. The number of nitrogens with zero attached hydrogens (tertiary/aromatic N) is 2. The van der Waals surface area contributed by atoms with Crippen LogP contribution in [-0.4, -0.2) is 47.3 Å². The summed E-state index contributed by atoms with van der Waals surface area (Å²) in [5.41, 5.74) is 6.92. The van der Waals surface area contributed by atoms with Crippen LogP contribution in [0, 0.1) is 5.92 Å². The maximum atomic E-state index is 9.17. The molecule has 1 aliphatic heterocycles. The quantitative estimate of drug-likeness (QED) is 0.327. The van der Waals surface area contributed by atoms with E-state index in [9.17, 15) is 5.11 Å². The highest BCUT2D eigenvalue weighted by Gasteiger charge is 2.24. The second-order valence-corrected chi connectivity index (χ2v) is 5.41. The molecule has 0 aromatic heterocycles. The number of amidine groups is 1. The fourth-order valence-electron chi connectivity index (χ4n) is 2.73.